The molecule has 0 N–H and O–H groups in total. The van der Waals surface area contributed by atoms with Crippen LogP contribution in [0.3, 0.4) is 0 Å². The lowest BCUT2D eigenvalue weighted by Gasteiger charge is -2.25. The Hall–Kier alpha value is -6.06. The quantitative estimate of drug-likeness (QED) is 0.0492. The molecular formula is C36H31N5O4. The first-order chi connectivity index (χ1) is 21.8. The third-order valence-corrected chi connectivity index (χ3v) is 7.29. The van der Waals surface area contributed by atoms with E-state index in [4.69, 9.17) is 0 Å². The Bertz CT molecular complexity index is 1650. The molecule has 0 unspecified atom stereocenters. The average molecular weight is 598 g/mol. The average Bonchev–Trinajstić information content (AvgIpc) is 3.07. The van der Waals surface area contributed by atoms with Crippen LogP contribution in [-0.2, 0) is 0 Å². The number of rotatable bonds is 13. The molecule has 0 aliphatic heterocycles. The fraction of sp³-hybridized carbons (Fsp3) is 0.167. The van der Waals surface area contributed by atoms with Gasteiger partial charge in [-0.25, -0.2) is 0 Å². The number of unbranched alkanes of at least 4 members (excludes halogenated alkanes) is 3. The van der Waals surface area contributed by atoms with Crippen molar-refractivity contribution in [1.82, 2.24) is 0 Å². The number of nitriles is 2. The molecule has 0 radical (unpaired) electrons. The zero-order valence-corrected chi connectivity index (χ0v) is 24.8. The maximum Gasteiger partial charge on any atom is 0.269 e. The normalized spacial score (nSPS) is 11.4. The van der Waals surface area contributed by atoms with Gasteiger partial charge in [-0.15, -0.1) is 0 Å². The summed E-state index contributed by atoms with van der Waals surface area (Å²) in [7, 11) is 0. The lowest BCUT2D eigenvalue weighted by Crippen LogP contribution is -2.18. The highest BCUT2D eigenvalue weighted by atomic mass is 16.6. The van der Waals surface area contributed by atoms with Gasteiger partial charge in [-0.05, 0) is 89.4 Å². The largest absolute Gasteiger partial charge is 0.341 e. The smallest absolute Gasteiger partial charge is 0.269 e. The first-order valence-corrected chi connectivity index (χ1v) is 14.5. The first-order valence-electron chi connectivity index (χ1n) is 14.5. The van der Waals surface area contributed by atoms with Crippen LogP contribution in [-0.4, -0.2) is 16.4 Å². The van der Waals surface area contributed by atoms with Gasteiger partial charge < -0.3 is 4.90 Å². The minimum absolute atomic E-state index is 0.0292. The molecule has 4 aromatic rings. The zero-order valence-electron chi connectivity index (χ0n) is 24.8. The van der Waals surface area contributed by atoms with Crippen molar-refractivity contribution >= 4 is 46.0 Å². The standard InChI is InChI=1S/C36H31N5O4/c1-2-3-4-5-22-39(33-14-6-27(7-15-33)23-31(25-37)29-10-18-35(19-11-29)40(42)43)34-16-8-28(9-17-34)24-32(26-38)30-12-20-36(21-13-30)41(44)45/h6-21,23-24H,2-5,22H2,1H3/b31-23+,32-24+. The maximum atomic E-state index is 11.0. The number of allylic oxidation sites excluding steroid dienone is 2. The molecule has 0 fully saturated rings. The second-order valence-electron chi connectivity index (χ2n) is 10.3. The van der Waals surface area contributed by atoms with Gasteiger partial charge in [0.2, 0.25) is 0 Å². The van der Waals surface area contributed by atoms with Gasteiger partial charge in [0.15, 0.2) is 0 Å². The van der Waals surface area contributed by atoms with E-state index in [1.165, 1.54) is 24.3 Å². The Morgan fingerprint density at radius 3 is 1.38 bits per heavy atom. The predicted molar refractivity (Wildman–Crippen MR) is 177 cm³/mol. The van der Waals surface area contributed by atoms with E-state index in [2.05, 4.69) is 24.0 Å². The number of nitro benzene ring substituents is 2. The van der Waals surface area contributed by atoms with Gasteiger partial charge in [0.1, 0.15) is 0 Å². The zero-order chi connectivity index (χ0) is 32.2. The van der Waals surface area contributed by atoms with Crippen molar-refractivity contribution in [2.24, 2.45) is 0 Å². The molecule has 0 saturated carbocycles. The first kappa shape index (κ1) is 31.9. The van der Waals surface area contributed by atoms with Crippen molar-refractivity contribution in [2.45, 2.75) is 32.6 Å². The maximum absolute atomic E-state index is 11.0. The molecule has 4 rings (SSSR count). The summed E-state index contributed by atoms with van der Waals surface area (Å²) < 4.78 is 0. The van der Waals surface area contributed by atoms with Crippen LogP contribution in [0, 0.1) is 42.9 Å². The van der Waals surface area contributed by atoms with Crippen LogP contribution in [0.1, 0.15) is 54.9 Å². The van der Waals surface area contributed by atoms with E-state index in [0.717, 1.165) is 54.7 Å². The summed E-state index contributed by atoms with van der Waals surface area (Å²) in [6.07, 6.45) is 7.92. The molecular weight excluding hydrogens is 566 g/mol. The van der Waals surface area contributed by atoms with E-state index < -0.39 is 9.85 Å². The van der Waals surface area contributed by atoms with Crippen molar-refractivity contribution in [3.63, 3.8) is 0 Å². The SMILES string of the molecule is CCCCCCN(c1ccc(/C=C(\C#N)c2ccc([N+](=O)[O-])cc2)cc1)c1ccc(/C=C(\C#N)c2ccc([N+](=O)[O-])cc2)cc1. The van der Waals surface area contributed by atoms with E-state index in [-0.39, 0.29) is 11.4 Å². The molecule has 0 saturated heterocycles. The Kier molecular flexibility index (Phi) is 10.9. The van der Waals surface area contributed by atoms with Gasteiger partial charge in [-0.2, -0.15) is 10.5 Å². The van der Waals surface area contributed by atoms with Crippen molar-refractivity contribution in [3.8, 4) is 12.1 Å². The Labute approximate surface area is 261 Å². The van der Waals surface area contributed by atoms with Crippen molar-refractivity contribution < 1.29 is 9.85 Å². The summed E-state index contributed by atoms with van der Waals surface area (Å²) >= 11 is 0. The summed E-state index contributed by atoms with van der Waals surface area (Å²) in [5.41, 5.74) is 5.60. The van der Waals surface area contributed by atoms with Gasteiger partial charge in [-0.3, -0.25) is 20.2 Å². The van der Waals surface area contributed by atoms with Crippen LogP contribution < -0.4 is 4.90 Å². The lowest BCUT2D eigenvalue weighted by molar-refractivity contribution is -0.385. The monoisotopic (exact) mass is 597 g/mol. The topological polar surface area (TPSA) is 137 Å². The third kappa shape index (κ3) is 8.50. The van der Waals surface area contributed by atoms with Crippen molar-refractivity contribution in [3.05, 3.63) is 140 Å². The van der Waals surface area contributed by atoms with E-state index in [0.29, 0.717) is 22.3 Å². The van der Waals surface area contributed by atoms with Crippen LogP contribution >= 0.6 is 0 Å². The molecule has 9 nitrogen and oxygen atoms in total. The van der Waals surface area contributed by atoms with Crippen LogP contribution in [0.25, 0.3) is 23.3 Å². The second kappa shape index (κ2) is 15.4. The van der Waals surface area contributed by atoms with E-state index in [1.54, 1.807) is 36.4 Å². The minimum atomic E-state index is -0.470. The van der Waals surface area contributed by atoms with Crippen molar-refractivity contribution in [2.75, 3.05) is 11.4 Å². The molecule has 0 spiro atoms. The molecule has 9 heteroatoms. The van der Waals surface area contributed by atoms with Crippen molar-refractivity contribution in [1.29, 1.82) is 10.5 Å². The van der Waals surface area contributed by atoms with Gasteiger partial charge in [0.05, 0.1) is 33.1 Å². The number of non-ortho nitro benzene ring substituents is 2. The molecule has 0 aromatic heterocycles. The molecule has 0 amide bonds. The summed E-state index contributed by atoms with van der Waals surface area (Å²) in [6, 6.07) is 32.0. The van der Waals surface area contributed by atoms with Crippen LogP contribution in [0.4, 0.5) is 22.7 Å². The van der Waals surface area contributed by atoms with Gasteiger partial charge in [-0.1, -0.05) is 50.5 Å². The number of nitro groups is 2. The number of benzene rings is 4. The number of nitrogens with zero attached hydrogens (tertiary/aromatic N) is 5. The highest BCUT2D eigenvalue weighted by Gasteiger charge is 2.12. The minimum Gasteiger partial charge on any atom is -0.341 e. The Balaban J connectivity index is 1.57. The molecule has 45 heavy (non-hydrogen) atoms. The van der Waals surface area contributed by atoms with Crippen LogP contribution in [0.15, 0.2) is 97.1 Å². The number of hydrogen-bond acceptors (Lipinski definition) is 7. The second-order valence-corrected chi connectivity index (χ2v) is 10.3. The molecule has 4 aromatic carbocycles. The highest BCUT2D eigenvalue weighted by molar-refractivity contribution is 5.91. The van der Waals surface area contributed by atoms with Gasteiger partial charge >= 0.3 is 0 Å². The van der Waals surface area contributed by atoms with Gasteiger partial charge in [0, 0.05) is 42.2 Å². The van der Waals surface area contributed by atoms with Crippen LogP contribution in [0.5, 0.6) is 0 Å². The fourth-order valence-electron chi connectivity index (χ4n) is 4.82. The summed E-state index contributed by atoms with van der Waals surface area (Å²) in [6.45, 7) is 2.98. The van der Waals surface area contributed by atoms with Gasteiger partial charge in [0.25, 0.3) is 11.4 Å². The fourth-order valence-corrected chi connectivity index (χ4v) is 4.82. The lowest BCUT2D eigenvalue weighted by atomic mass is 10.0. The Morgan fingerprint density at radius 1 is 0.644 bits per heavy atom. The summed E-state index contributed by atoms with van der Waals surface area (Å²) in [5.74, 6) is 0. The summed E-state index contributed by atoms with van der Waals surface area (Å²) in [5, 5.41) is 41.4. The van der Waals surface area contributed by atoms with E-state index in [1.807, 2.05) is 48.5 Å². The van der Waals surface area contributed by atoms with E-state index >= 15 is 0 Å². The van der Waals surface area contributed by atoms with Crippen LogP contribution in [0.2, 0.25) is 0 Å². The number of anilines is 2. The predicted octanol–water partition coefficient (Wildman–Crippen LogP) is 9.35. The molecule has 0 heterocycles. The third-order valence-electron chi connectivity index (χ3n) is 7.29. The number of hydrogen-bond donors (Lipinski definition) is 0. The molecule has 0 aliphatic carbocycles. The molecule has 0 aliphatic rings. The molecule has 0 atom stereocenters. The Morgan fingerprint density at radius 2 is 1.04 bits per heavy atom. The van der Waals surface area contributed by atoms with E-state index in [9.17, 15) is 30.8 Å². The molecule has 0 bridgehead atoms. The highest BCUT2D eigenvalue weighted by Crippen LogP contribution is 2.29. The summed E-state index contributed by atoms with van der Waals surface area (Å²) in [4.78, 5) is 23.2. The molecule has 224 valence electrons.